The predicted octanol–water partition coefficient (Wildman–Crippen LogP) is 3.70. The van der Waals surface area contributed by atoms with Gasteiger partial charge in [-0.15, -0.1) is 6.58 Å². The van der Waals surface area contributed by atoms with Crippen molar-refractivity contribution >= 4 is 0 Å². The molecule has 0 spiro atoms. The monoisotopic (exact) mass is 232 g/mol. The lowest BCUT2D eigenvalue weighted by atomic mass is 9.60. The summed E-state index contributed by atoms with van der Waals surface area (Å²) in [5.41, 5.74) is 1.13. The largest absolute Gasteiger partial charge is 0.390 e. The third kappa shape index (κ3) is 1.71. The number of allylic oxidation sites excluding steroid dienone is 2. The van der Waals surface area contributed by atoms with Crippen LogP contribution < -0.4 is 0 Å². The average molecular weight is 232 g/mol. The Hall–Kier alpha value is -0.560. The maximum absolute atomic E-state index is 10.8. The topological polar surface area (TPSA) is 20.2 Å². The Bertz CT molecular complexity index is 353. The molecule has 2 fully saturated rings. The normalized spacial score (nSPS) is 49.2. The van der Waals surface area contributed by atoms with Gasteiger partial charge in [-0.2, -0.15) is 0 Å². The van der Waals surface area contributed by atoms with E-state index in [9.17, 15) is 5.11 Å². The molecule has 5 atom stereocenters. The molecule has 0 bridgehead atoms. The van der Waals surface area contributed by atoms with E-state index in [1.807, 2.05) is 0 Å². The standard InChI is InChI=1S/C16H24O/c1-3-11-8-9-12-13-6-4-5-7-15(13)16(2,17)10-14(11)12/h3,6,11-12,14-15,17H,1,4-5,7-10H2,2H3/t11-,12-,14+,15+,16+/m0/s1. The van der Waals surface area contributed by atoms with Crippen molar-refractivity contribution in [2.24, 2.45) is 23.7 Å². The zero-order valence-electron chi connectivity index (χ0n) is 10.9. The van der Waals surface area contributed by atoms with E-state index < -0.39 is 5.60 Å². The molecule has 17 heavy (non-hydrogen) atoms. The van der Waals surface area contributed by atoms with Crippen LogP contribution >= 0.6 is 0 Å². The SMILES string of the molecule is C=C[C@H]1CC[C@H]2C3=CCCC[C@H]3[C@](C)(O)C[C@H]12. The summed E-state index contributed by atoms with van der Waals surface area (Å²) in [7, 11) is 0. The van der Waals surface area contributed by atoms with Gasteiger partial charge in [0.25, 0.3) is 0 Å². The van der Waals surface area contributed by atoms with Gasteiger partial charge in [0, 0.05) is 5.92 Å². The molecule has 0 heterocycles. The van der Waals surface area contributed by atoms with Crippen LogP contribution in [-0.2, 0) is 0 Å². The minimum atomic E-state index is -0.473. The maximum Gasteiger partial charge on any atom is 0.0687 e. The van der Waals surface area contributed by atoms with E-state index >= 15 is 0 Å². The fourth-order valence-corrected chi connectivity index (χ4v) is 4.70. The van der Waals surface area contributed by atoms with Gasteiger partial charge in [0.05, 0.1) is 5.60 Å². The first-order valence-corrected chi connectivity index (χ1v) is 7.18. The van der Waals surface area contributed by atoms with Gasteiger partial charge in [0.2, 0.25) is 0 Å². The zero-order chi connectivity index (χ0) is 12.0. The van der Waals surface area contributed by atoms with Gasteiger partial charge < -0.3 is 5.11 Å². The summed E-state index contributed by atoms with van der Waals surface area (Å²) >= 11 is 0. The van der Waals surface area contributed by atoms with Crippen molar-refractivity contribution in [3.63, 3.8) is 0 Å². The average Bonchev–Trinajstić information content (AvgIpc) is 2.71. The summed E-state index contributed by atoms with van der Waals surface area (Å²) in [6, 6.07) is 0. The Balaban J connectivity index is 1.96. The van der Waals surface area contributed by atoms with Crippen molar-refractivity contribution in [2.75, 3.05) is 0 Å². The Morgan fingerprint density at radius 1 is 1.41 bits per heavy atom. The molecule has 0 aromatic rings. The van der Waals surface area contributed by atoms with E-state index in [0.29, 0.717) is 17.8 Å². The Labute approximate surface area is 105 Å². The Morgan fingerprint density at radius 2 is 2.24 bits per heavy atom. The second-order valence-corrected chi connectivity index (χ2v) is 6.50. The van der Waals surface area contributed by atoms with Crippen LogP contribution in [0.5, 0.6) is 0 Å². The van der Waals surface area contributed by atoms with E-state index in [1.54, 1.807) is 5.57 Å². The fourth-order valence-electron chi connectivity index (χ4n) is 4.70. The minimum absolute atomic E-state index is 0.445. The number of hydrogen-bond donors (Lipinski definition) is 1. The van der Waals surface area contributed by atoms with Crippen molar-refractivity contribution in [2.45, 2.75) is 51.0 Å². The van der Waals surface area contributed by atoms with Gasteiger partial charge in [-0.1, -0.05) is 17.7 Å². The number of hydrogen-bond acceptors (Lipinski definition) is 1. The molecule has 0 aromatic carbocycles. The van der Waals surface area contributed by atoms with Gasteiger partial charge in [-0.3, -0.25) is 0 Å². The molecule has 0 saturated heterocycles. The molecule has 3 aliphatic rings. The first-order valence-electron chi connectivity index (χ1n) is 7.18. The number of aliphatic hydroxyl groups is 1. The van der Waals surface area contributed by atoms with E-state index in [0.717, 1.165) is 12.3 Å². The van der Waals surface area contributed by atoms with Crippen LogP contribution in [0.2, 0.25) is 0 Å². The molecular weight excluding hydrogens is 208 g/mol. The molecule has 0 unspecified atom stereocenters. The molecule has 94 valence electrons. The quantitative estimate of drug-likeness (QED) is 0.684. The van der Waals surface area contributed by atoms with Gasteiger partial charge in [0.1, 0.15) is 0 Å². The summed E-state index contributed by atoms with van der Waals surface area (Å²) in [5, 5.41) is 10.8. The second-order valence-electron chi connectivity index (χ2n) is 6.50. The highest BCUT2D eigenvalue weighted by atomic mass is 16.3. The molecule has 0 aliphatic heterocycles. The molecule has 2 saturated carbocycles. The molecule has 1 nitrogen and oxygen atoms in total. The highest BCUT2D eigenvalue weighted by Gasteiger charge is 2.50. The summed E-state index contributed by atoms with van der Waals surface area (Å²) in [6.45, 7) is 6.05. The first kappa shape index (κ1) is 11.5. The van der Waals surface area contributed by atoms with Gasteiger partial charge >= 0.3 is 0 Å². The van der Waals surface area contributed by atoms with Gasteiger partial charge in [0.15, 0.2) is 0 Å². The third-order valence-corrected chi connectivity index (χ3v) is 5.49. The molecule has 1 N–H and O–H groups in total. The van der Waals surface area contributed by atoms with Crippen LogP contribution in [0.25, 0.3) is 0 Å². The van der Waals surface area contributed by atoms with Crippen molar-refractivity contribution in [1.82, 2.24) is 0 Å². The van der Waals surface area contributed by atoms with E-state index in [-0.39, 0.29) is 0 Å². The smallest absolute Gasteiger partial charge is 0.0687 e. The van der Waals surface area contributed by atoms with Crippen molar-refractivity contribution in [3.8, 4) is 0 Å². The summed E-state index contributed by atoms with van der Waals surface area (Å²) in [5.74, 6) is 2.49. The van der Waals surface area contributed by atoms with Crippen LogP contribution in [0.15, 0.2) is 24.3 Å². The number of rotatable bonds is 1. The summed E-state index contributed by atoms with van der Waals surface area (Å²) in [6.07, 6.45) is 11.8. The second kappa shape index (κ2) is 3.98. The molecule has 0 aromatic heterocycles. The maximum atomic E-state index is 10.8. The van der Waals surface area contributed by atoms with E-state index in [4.69, 9.17) is 0 Å². The first-order chi connectivity index (χ1) is 8.13. The van der Waals surface area contributed by atoms with Crippen molar-refractivity contribution < 1.29 is 5.11 Å². The van der Waals surface area contributed by atoms with Gasteiger partial charge in [-0.25, -0.2) is 0 Å². The third-order valence-electron chi connectivity index (χ3n) is 5.49. The predicted molar refractivity (Wildman–Crippen MR) is 70.6 cm³/mol. The van der Waals surface area contributed by atoms with Crippen LogP contribution in [0, 0.1) is 23.7 Å². The van der Waals surface area contributed by atoms with Crippen LogP contribution in [-0.4, -0.2) is 10.7 Å². The number of fused-ring (bicyclic) bond motifs is 3. The zero-order valence-corrected chi connectivity index (χ0v) is 10.9. The summed E-state index contributed by atoms with van der Waals surface area (Å²) < 4.78 is 0. The highest BCUT2D eigenvalue weighted by Crippen LogP contribution is 2.56. The van der Waals surface area contributed by atoms with E-state index in [2.05, 4.69) is 25.7 Å². The van der Waals surface area contributed by atoms with Crippen LogP contribution in [0.3, 0.4) is 0 Å². The fraction of sp³-hybridized carbons (Fsp3) is 0.750. The Kier molecular flexibility index (Phi) is 2.70. The molecule has 0 radical (unpaired) electrons. The van der Waals surface area contributed by atoms with Crippen molar-refractivity contribution in [3.05, 3.63) is 24.3 Å². The Morgan fingerprint density at radius 3 is 3.00 bits per heavy atom. The lowest BCUT2D eigenvalue weighted by Gasteiger charge is -2.48. The minimum Gasteiger partial charge on any atom is -0.390 e. The molecule has 3 rings (SSSR count). The summed E-state index contributed by atoms with van der Waals surface area (Å²) in [4.78, 5) is 0. The lowest BCUT2D eigenvalue weighted by molar-refractivity contribution is -0.0450. The van der Waals surface area contributed by atoms with Crippen molar-refractivity contribution in [1.29, 1.82) is 0 Å². The van der Waals surface area contributed by atoms with Gasteiger partial charge in [-0.05, 0) is 63.2 Å². The molecule has 0 amide bonds. The molecule has 3 aliphatic carbocycles. The molecule has 1 heteroatoms. The van der Waals surface area contributed by atoms with E-state index in [1.165, 1.54) is 32.1 Å². The highest BCUT2D eigenvalue weighted by molar-refractivity contribution is 5.25. The van der Waals surface area contributed by atoms with Crippen LogP contribution in [0.4, 0.5) is 0 Å². The lowest BCUT2D eigenvalue weighted by Crippen LogP contribution is -2.46. The molecular formula is C16H24O. The van der Waals surface area contributed by atoms with Crippen LogP contribution in [0.1, 0.15) is 45.4 Å².